The van der Waals surface area contributed by atoms with Gasteiger partial charge in [-0.1, -0.05) is 12.1 Å². The molecule has 1 aliphatic heterocycles. The van der Waals surface area contributed by atoms with E-state index < -0.39 is 0 Å². The molecule has 0 bridgehead atoms. The Morgan fingerprint density at radius 3 is 2.43 bits per heavy atom. The van der Waals surface area contributed by atoms with Gasteiger partial charge in [0.25, 0.3) is 5.91 Å². The molecule has 1 heterocycles. The lowest BCUT2D eigenvalue weighted by Gasteiger charge is -2.32. The second-order valence-corrected chi connectivity index (χ2v) is 7.21. The van der Waals surface area contributed by atoms with Crippen molar-refractivity contribution in [1.29, 1.82) is 0 Å². The van der Waals surface area contributed by atoms with Crippen molar-refractivity contribution in [3.05, 3.63) is 28.8 Å². The lowest BCUT2D eigenvalue weighted by atomic mass is 10.0. The summed E-state index contributed by atoms with van der Waals surface area (Å²) in [5.41, 5.74) is 3.23. The van der Waals surface area contributed by atoms with Crippen LogP contribution in [-0.2, 0) is 19.1 Å². The minimum absolute atomic E-state index is 0.00236. The second-order valence-electron chi connectivity index (χ2n) is 7.21. The maximum absolute atomic E-state index is 12.3. The summed E-state index contributed by atoms with van der Waals surface area (Å²) in [5, 5.41) is 3.01. The van der Waals surface area contributed by atoms with Crippen molar-refractivity contribution >= 4 is 11.8 Å². The van der Waals surface area contributed by atoms with Crippen LogP contribution in [-0.4, -0.2) is 69.4 Å². The number of rotatable bonds is 9. The molecule has 28 heavy (non-hydrogen) atoms. The van der Waals surface area contributed by atoms with Crippen LogP contribution in [0.4, 0.5) is 0 Å². The van der Waals surface area contributed by atoms with Crippen LogP contribution in [0.1, 0.15) is 29.5 Å². The molecule has 2 amide bonds. The standard InChI is InChI=1S/C21H32N2O5/c1-15-5-6-16(2)21(17(15)3)28-13-19(24)22-18-7-9-23(10-8-18)20(25)14-27-12-11-26-4/h5-6,18H,7-14H2,1-4H3,(H,22,24). The van der Waals surface area contributed by atoms with Crippen molar-refractivity contribution in [3.8, 4) is 5.75 Å². The molecule has 2 rings (SSSR count). The van der Waals surface area contributed by atoms with Crippen LogP contribution in [0.2, 0.25) is 0 Å². The molecule has 1 fully saturated rings. The number of benzene rings is 1. The Balaban J connectivity index is 1.71. The van der Waals surface area contributed by atoms with Gasteiger partial charge >= 0.3 is 0 Å². The fraction of sp³-hybridized carbons (Fsp3) is 0.619. The SMILES string of the molecule is COCCOCC(=O)N1CCC(NC(=O)COc2c(C)ccc(C)c2C)CC1. The van der Waals surface area contributed by atoms with E-state index in [2.05, 4.69) is 11.4 Å². The fourth-order valence-corrected chi connectivity index (χ4v) is 3.22. The van der Waals surface area contributed by atoms with E-state index in [4.69, 9.17) is 14.2 Å². The van der Waals surface area contributed by atoms with Crippen LogP contribution in [0.5, 0.6) is 5.75 Å². The van der Waals surface area contributed by atoms with Gasteiger partial charge in [-0.05, 0) is 50.3 Å². The number of nitrogens with one attached hydrogen (secondary N) is 1. The maximum Gasteiger partial charge on any atom is 0.258 e. The highest BCUT2D eigenvalue weighted by molar-refractivity contribution is 5.78. The van der Waals surface area contributed by atoms with E-state index in [9.17, 15) is 9.59 Å². The Hall–Kier alpha value is -2.12. The maximum atomic E-state index is 12.3. The molecule has 7 nitrogen and oxygen atoms in total. The summed E-state index contributed by atoms with van der Waals surface area (Å²) in [6.07, 6.45) is 1.47. The lowest BCUT2D eigenvalue weighted by molar-refractivity contribution is -0.137. The van der Waals surface area contributed by atoms with Crippen LogP contribution in [0.25, 0.3) is 0 Å². The molecule has 0 radical (unpaired) electrons. The van der Waals surface area contributed by atoms with E-state index in [0.29, 0.717) is 26.3 Å². The van der Waals surface area contributed by atoms with Gasteiger partial charge in [0.05, 0.1) is 13.2 Å². The third-order valence-corrected chi connectivity index (χ3v) is 5.09. The van der Waals surface area contributed by atoms with Crippen LogP contribution in [0.3, 0.4) is 0 Å². The third-order valence-electron chi connectivity index (χ3n) is 5.09. The molecule has 0 unspecified atom stereocenters. The number of carbonyl (C=O) groups is 2. The molecule has 1 saturated heterocycles. The smallest absolute Gasteiger partial charge is 0.258 e. The first-order chi connectivity index (χ1) is 13.4. The Labute approximate surface area is 167 Å². The molecule has 0 atom stereocenters. The average molecular weight is 392 g/mol. The highest BCUT2D eigenvalue weighted by Gasteiger charge is 2.24. The summed E-state index contributed by atoms with van der Waals surface area (Å²) in [7, 11) is 1.60. The van der Waals surface area contributed by atoms with E-state index in [1.54, 1.807) is 12.0 Å². The molecule has 0 spiro atoms. The van der Waals surface area contributed by atoms with Gasteiger partial charge in [0, 0.05) is 26.2 Å². The van der Waals surface area contributed by atoms with Crippen molar-refractivity contribution in [1.82, 2.24) is 10.2 Å². The number of aryl methyl sites for hydroxylation is 2. The number of methoxy groups -OCH3 is 1. The van der Waals surface area contributed by atoms with E-state index in [1.807, 2.05) is 26.8 Å². The predicted octanol–water partition coefficient (Wildman–Crippen LogP) is 1.76. The second kappa shape index (κ2) is 11.0. The van der Waals surface area contributed by atoms with E-state index in [1.165, 1.54) is 0 Å². The summed E-state index contributed by atoms with van der Waals surface area (Å²) in [5.74, 6) is 0.631. The Kier molecular flexibility index (Phi) is 8.73. The quantitative estimate of drug-likeness (QED) is 0.648. The molecule has 1 aromatic rings. The van der Waals surface area contributed by atoms with Crippen molar-refractivity contribution < 1.29 is 23.8 Å². The van der Waals surface area contributed by atoms with Crippen molar-refractivity contribution in [3.63, 3.8) is 0 Å². The molecular weight excluding hydrogens is 360 g/mol. The zero-order valence-electron chi connectivity index (χ0n) is 17.4. The molecule has 0 aliphatic carbocycles. The van der Waals surface area contributed by atoms with Gasteiger partial charge in [0.15, 0.2) is 6.61 Å². The molecular formula is C21H32N2O5. The number of amides is 2. The topological polar surface area (TPSA) is 77.1 Å². The highest BCUT2D eigenvalue weighted by Crippen LogP contribution is 2.25. The number of piperidine rings is 1. The molecule has 1 aliphatic rings. The number of nitrogens with zero attached hydrogens (tertiary/aromatic N) is 1. The summed E-state index contributed by atoms with van der Waals surface area (Å²) in [6, 6.07) is 4.12. The van der Waals surface area contributed by atoms with Crippen molar-refractivity contribution in [2.75, 3.05) is 46.6 Å². The van der Waals surface area contributed by atoms with Crippen molar-refractivity contribution in [2.24, 2.45) is 0 Å². The van der Waals surface area contributed by atoms with Gasteiger partial charge < -0.3 is 24.4 Å². The van der Waals surface area contributed by atoms with Crippen molar-refractivity contribution in [2.45, 2.75) is 39.7 Å². The van der Waals surface area contributed by atoms with Crippen LogP contribution >= 0.6 is 0 Å². The summed E-state index contributed by atoms with van der Waals surface area (Å²) in [6.45, 7) is 8.20. The molecule has 7 heteroatoms. The Morgan fingerprint density at radius 2 is 1.75 bits per heavy atom. The van der Waals surface area contributed by atoms with E-state index in [-0.39, 0.29) is 31.1 Å². The molecule has 0 aromatic heterocycles. The molecule has 1 aromatic carbocycles. The van der Waals surface area contributed by atoms with Crippen LogP contribution in [0, 0.1) is 20.8 Å². The number of likely N-dealkylation sites (tertiary alicyclic amines) is 1. The van der Waals surface area contributed by atoms with Crippen LogP contribution < -0.4 is 10.1 Å². The predicted molar refractivity (Wildman–Crippen MR) is 107 cm³/mol. The van der Waals surface area contributed by atoms with Gasteiger partial charge in [0.1, 0.15) is 12.4 Å². The fourth-order valence-electron chi connectivity index (χ4n) is 3.22. The van der Waals surface area contributed by atoms with Gasteiger partial charge in [-0.2, -0.15) is 0 Å². The Morgan fingerprint density at radius 1 is 1.07 bits per heavy atom. The monoisotopic (exact) mass is 392 g/mol. The lowest BCUT2D eigenvalue weighted by Crippen LogP contribution is -2.48. The molecule has 0 saturated carbocycles. The summed E-state index contributed by atoms with van der Waals surface area (Å²) >= 11 is 0. The van der Waals surface area contributed by atoms with Gasteiger partial charge in [-0.15, -0.1) is 0 Å². The summed E-state index contributed by atoms with van der Waals surface area (Å²) < 4.78 is 15.9. The number of hydrogen-bond donors (Lipinski definition) is 1. The zero-order chi connectivity index (χ0) is 20.5. The third kappa shape index (κ3) is 6.49. The average Bonchev–Trinajstić information content (AvgIpc) is 2.68. The zero-order valence-corrected chi connectivity index (χ0v) is 17.4. The largest absolute Gasteiger partial charge is 0.483 e. The number of hydrogen-bond acceptors (Lipinski definition) is 5. The number of ether oxygens (including phenoxy) is 3. The normalized spacial score (nSPS) is 14.8. The first-order valence-corrected chi connectivity index (χ1v) is 9.75. The first-order valence-electron chi connectivity index (χ1n) is 9.75. The first kappa shape index (κ1) is 22.2. The molecule has 1 N–H and O–H groups in total. The minimum atomic E-state index is -0.131. The van der Waals surface area contributed by atoms with E-state index >= 15 is 0 Å². The molecule has 156 valence electrons. The van der Waals surface area contributed by atoms with Crippen LogP contribution in [0.15, 0.2) is 12.1 Å². The minimum Gasteiger partial charge on any atom is -0.483 e. The van der Waals surface area contributed by atoms with Gasteiger partial charge in [0.2, 0.25) is 5.91 Å². The van der Waals surface area contributed by atoms with Gasteiger partial charge in [-0.25, -0.2) is 0 Å². The van der Waals surface area contributed by atoms with Gasteiger partial charge in [-0.3, -0.25) is 9.59 Å². The highest BCUT2D eigenvalue weighted by atomic mass is 16.5. The van der Waals surface area contributed by atoms with E-state index in [0.717, 1.165) is 35.3 Å². The Bertz CT molecular complexity index is 669. The summed E-state index contributed by atoms with van der Waals surface area (Å²) in [4.78, 5) is 26.1. The number of carbonyl (C=O) groups excluding carboxylic acids is 2.